The number of H-pyrrole nitrogens is 1. The van der Waals surface area contributed by atoms with Crippen molar-refractivity contribution in [3.63, 3.8) is 0 Å². The number of aromatic nitrogens is 5. The van der Waals surface area contributed by atoms with Crippen LogP contribution in [-0.4, -0.2) is 32.2 Å². The van der Waals surface area contributed by atoms with Gasteiger partial charge in [0.25, 0.3) is 0 Å². The van der Waals surface area contributed by atoms with E-state index in [2.05, 4.69) is 57.9 Å². The molecule has 1 aliphatic carbocycles. The Hall–Kier alpha value is -2.60. The first kappa shape index (κ1) is 16.6. The van der Waals surface area contributed by atoms with E-state index in [-0.39, 0.29) is 0 Å². The molecule has 0 amide bonds. The van der Waals surface area contributed by atoms with Crippen LogP contribution in [0.2, 0.25) is 0 Å². The van der Waals surface area contributed by atoms with Gasteiger partial charge in [0.15, 0.2) is 5.82 Å². The van der Waals surface area contributed by atoms with Gasteiger partial charge in [0, 0.05) is 12.3 Å². The van der Waals surface area contributed by atoms with Crippen LogP contribution in [0.4, 0.5) is 0 Å². The molecule has 0 spiro atoms. The predicted octanol–water partition coefficient (Wildman–Crippen LogP) is 3.83. The number of hydrogen-bond acceptors (Lipinski definition) is 5. The molecule has 3 aromatic rings. The summed E-state index contributed by atoms with van der Waals surface area (Å²) in [7, 11) is 0. The molecule has 6 heteroatoms. The molecule has 1 aliphatic heterocycles. The van der Waals surface area contributed by atoms with Gasteiger partial charge in [-0.1, -0.05) is 30.3 Å². The Bertz CT molecular complexity index is 946. The maximum Gasteiger partial charge on any atom is 0.182 e. The zero-order valence-electron chi connectivity index (χ0n) is 15.5. The van der Waals surface area contributed by atoms with E-state index in [0.717, 1.165) is 43.5 Å². The van der Waals surface area contributed by atoms with Crippen LogP contribution in [-0.2, 0) is 23.2 Å². The van der Waals surface area contributed by atoms with Crippen molar-refractivity contribution in [3.8, 4) is 22.5 Å². The molecule has 2 aliphatic rings. The zero-order valence-corrected chi connectivity index (χ0v) is 15.5. The van der Waals surface area contributed by atoms with Crippen molar-refractivity contribution in [2.75, 3.05) is 6.61 Å². The third kappa shape index (κ3) is 2.75. The van der Waals surface area contributed by atoms with Crippen molar-refractivity contribution in [1.29, 1.82) is 0 Å². The SMILES string of the molecule is CC1(c2nc3c(c(-c4ccccc4)c2-c2nnn[nH]2)CCCC3)CCCO1. The molecule has 3 heterocycles. The Morgan fingerprint density at radius 2 is 1.89 bits per heavy atom. The third-order valence-corrected chi connectivity index (χ3v) is 5.84. The van der Waals surface area contributed by atoms with Crippen molar-refractivity contribution in [3.05, 3.63) is 47.3 Å². The fourth-order valence-electron chi connectivity index (χ4n) is 4.51. The van der Waals surface area contributed by atoms with Crippen LogP contribution in [0.1, 0.15) is 49.6 Å². The highest BCUT2D eigenvalue weighted by Gasteiger charge is 2.39. The van der Waals surface area contributed by atoms with E-state index in [1.807, 2.05) is 0 Å². The van der Waals surface area contributed by atoms with Crippen molar-refractivity contribution < 1.29 is 4.74 Å². The fraction of sp³-hybridized carbons (Fsp3) is 0.429. The largest absolute Gasteiger partial charge is 0.369 e. The molecule has 1 aromatic carbocycles. The highest BCUT2D eigenvalue weighted by Crippen LogP contribution is 2.46. The summed E-state index contributed by atoms with van der Waals surface area (Å²) in [5, 5.41) is 14.9. The van der Waals surface area contributed by atoms with Gasteiger partial charge in [0.2, 0.25) is 0 Å². The van der Waals surface area contributed by atoms with Crippen LogP contribution in [0, 0.1) is 0 Å². The van der Waals surface area contributed by atoms with Gasteiger partial charge in [0.1, 0.15) is 5.60 Å². The number of hydrogen-bond donors (Lipinski definition) is 1. The minimum absolute atomic E-state index is 0.405. The average Bonchev–Trinajstić information content (AvgIpc) is 3.40. The summed E-state index contributed by atoms with van der Waals surface area (Å²) in [4.78, 5) is 5.17. The van der Waals surface area contributed by atoms with E-state index in [4.69, 9.17) is 9.72 Å². The van der Waals surface area contributed by atoms with Crippen LogP contribution in [0.3, 0.4) is 0 Å². The summed E-state index contributed by atoms with van der Waals surface area (Å²) in [6.45, 7) is 2.92. The van der Waals surface area contributed by atoms with Gasteiger partial charge >= 0.3 is 0 Å². The molecule has 1 saturated heterocycles. The van der Waals surface area contributed by atoms with Crippen LogP contribution < -0.4 is 0 Å². The highest BCUT2D eigenvalue weighted by molar-refractivity contribution is 5.85. The number of nitrogens with one attached hydrogen (secondary N) is 1. The van der Waals surface area contributed by atoms with E-state index < -0.39 is 5.60 Å². The molecule has 1 unspecified atom stereocenters. The lowest BCUT2D eigenvalue weighted by atomic mass is 9.82. The summed E-state index contributed by atoms with van der Waals surface area (Å²) in [6, 6.07) is 10.6. The van der Waals surface area contributed by atoms with Crippen LogP contribution in [0.15, 0.2) is 30.3 Å². The second-order valence-corrected chi connectivity index (χ2v) is 7.64. The second-order valence-electron chi connectivity index (χ2n) is 7.64. The minimum atomic E-state index is -0.405. The molecular weight excluding hydrogens is 338 g/mol. The van der Waals surface area contributed by atoms with Gasteiger partial charge in [0.05, 0.1) is 11.3 Å². The normalized spacial score (nSPS) is 22.0. The lowest BCUT2D eigenvalue weighted by Gasteiger charge is -2.30. The lowest BCUT2D eigenvalue weighted by molar-refractivity contribution is 0.0135. The van der Waals surface area contributed by atoms with Crippen LogP contribution in [0.25, 0.3) is 22.5 Å². The zero-order chi connectivity index (χ0) is 18.3. The molecule has 0 bridgehead atoms. The van der Waals surface area contributed by atoms with Gasteiger partial charge in [-0.15, -0.1) is 5.10 Å². The lowest BCUT2D eigenvalue weighted by Crippen LogP contribution is -2.25. The highest BCUT2D eigenvalue weighted by atomic mass is 16.5. The van der Waals surface area contributed by atoms with E-state index in [0.29, 0.717) is 5.82 Å². The maximum absolute atomic E-state index is 6.20. The predicted molar refractivity (Wildman–Crippen MR) is 102 cm³/mol. The van der Waals surface area contributed by atoms with Gasteiger partial charge in [-0.2, -0.15) is 0 Å². The van der Waals surface area contributed by atoms with Crippen molar-refractivity contribution in [2.24, 2.45) is 0 Å². The monoisotopic (exact) mass is 361 g/mol. The molecule has 0 saturated carbocycles. The minimum Gasteiger partial charge on any atom is -0.369 e. The van der Waals surface area contributed by atoms with Crippen LogP contribution >= 0.6 is 0 Å². The first-order valence-electron chi connectivity index (χ1n) is 9.76. The molecule has 1 atom stereocenters. The molecule has 1 N–H and O–H groups in total. The first-order chi connectivity index (χ1) is 13.3. The standard InChI is InChI=1S/C21H23N5O/c1-21(12-7-13-27-21)19-18(20-23-25-26-24-20)17(14-8-3-2-4-9-14)15-10-5-6-11-16(15)22-19/h2-4,8-9H,5-7,10-13H2,1H3,(H,23,24,25,26). The topological polar surface area (TPSA) is 76.6 Å². The number of aromatic amines is 1. The van der Waals surface area contributed by atoms with Crippen LogP contribution in [0.5, 0.6) is 0 Å². The van der Waals surface area contributed by atoms with Crippen molar-refractivity contribution >= 4 is 0 Å². The summed E-state index contributed by atoms with van der Waals surface area (Å²) < 4.78 is 6.20. The number of rotatable bonds is 3. The Morgan fingerprint density at radius 1 is 1.04 bits per heavy atom. The molecular formula is C21H23N5O. The van der Waals surface area contributed by atoms with Gasteiger partial charge in [-0.05, 0) is 72.6 Å². The molecule has 138 valence electrons. The molecule has 1 fully saturated rings. The van der Waals surface area contributed by atoms with E-state index in [9.17, 15) is 0 Å². The van der Waals surface area contributed by atoms with Crippen molar-refractivity contribution in [2.45, 2.75) is 51.0 Å². The summed E-state index contributed by atoms with van der Waals surface area (Å²) in [5.74, 6) is 0.668. The average molecular weight is 361 g/mol. The smallest absolute Gasteiger partial charge is 0.182 e. The molecule has 2 aromatic heterocycles. The maximum atomic E-state index is 6.20. The Balaban J connectivity index is 1.87. The molecule has 0 radical (unpaired) electrons. The number of pyridine rings is 1. The molecule has 5 rings (SSSR count). The number of ether oxygens (including phenoxy) is 1. The first-order valence-corrected chi connectivity index (χ1v) is 9.76. The molecule has 6 nitrogen and oxygen atoms in total. The van der Waals surface area contributed by atoms with E-state index in [1.54, 1.807) is 0 Å². The van der Waals surface area contributed by atoms with Gasteiger partial charge in [-0.3, -0.25) is 4.98 Å². The second kappa shape index (κ2) is 6.53. The Labute approximate surface area is 158 Å². The van der Waals surface area contributed by atoms with Gasteiger partial charge in [-0.25, -0.2) is 5.10 Å². The Morgan fingerprint density at radius 3 is 2.63 bits per heavy atom. The van der Waals surface area contributed by atoms with E-state index >= 15 is 0 Å². The number of aryl methyl sites for hydroxylation is 1. The van der Waals surface area contributed by atoms with Crippen molar-refractivity contribution in [1.82, 2.24) is 25.6 Å². The fourth-order valence-corrected chi connectivity index (χ4v) is 4.51. The third-order valence-electron chi connectivity index (χ3n) is 5.84. The Kier molecular flexibility index (Phi) is 4.01. The quantitative estimate of drug-likeness (QED) is 0.767. The number of benzene rings is 1. The summed E-state index contributed by atoms with van der Waals surface area (Å²) >= 11 is 0. The number of fused-ring (bicyclic) bond motifs is 1. The number of nitrogens with zero attached hydrogens (tertiary/aromatic N) is 4. The number of tetrazole rings is 1. The summed E-state index contributed by atoms with van der Waals surface area (Å²) in [5.41, 5.74) is 6.51. The summed E-state index contributed by atoms with van der Waals surface area (Å²) in [6.07, 6.45) is 6.45. The van der Waals surface area contributed by atoms with Gasteiger partial charge < -0.3 is 4.74 Å². The van der Waals surface area contributed by atoms with E-state index in [1.165, 1.54) is 35.2 Å². The molecule has 27 heavy (non-hydrogen) atoms.